The van der Waals surface area contributed by atoms with Gasteiger partial charge in [-0.25, -0.2) is 0 Å². The Morgan fingerprint density at radius 3 is 2.77 bits per heavy atom. The van der Waals surface area contributed by atoms with Crippen molar-refractivity contribution in [2.45, 2.75) is 13.5 Å². The van der Waals surface area contributed by atoms with Crippen LogP contribution in [-0.4, -0.2) is 12.0 Å². The normalized spacial score (nSPS) is 10.0. The quantitative estimate of drug-likeness (QED) is 0.568. The maximum atomic E-state index is 10.7. The molecule has 0 atom stereocenters. The van der Waals surface area contributed by atoms with Crippen molar-refractivity contribution in [1.29, 1.82) is 0 Å². The van der Waals surface area contributed by atoms with Gasteiger partial charge in [0.25, 0.3) is 5.69 Å². The summed E-state index contributed by atoms with van der Waals surface area (Å²) in [5, 5.41) is 13.6. The van der Waals surface area contributed by atoms with Gasteiger partial charge in [-0.05, 0) is 14.0 Å². The van der Waals surface area contributed by atoms with Crippen molar-refractivity contribution in [3.8, 4) is 0 Å². The topological polar surface area (TPSA) is 55.2 Å². The summed E-state index contributed by atoms with van der Waals surface area (Å²) in [4.78, 5) is 10.4. The Morgan fingerprint density at radius 2 is 2.23 bits per heavy atom. The molecule has 1 aromatic carbocycles. The lowest BCUT2D eigenvalue weighted by atomic mass is 10.1. The molecule has 1 N–H and O–H groups in total. The van der Waals surface area contributed by atoms with Crippen LogP contribution < -0.4 is 5.32 Å². The Bertz CT molecular complexity index is 323. The van der Waals surface area contributed by atoms with Crippen LogP contribution in [-0.2, 0) is 6.54 Å². The second-order valence-corrected chi connectivity index (χ2v) is 2.87. The van der Waals surface area contributed by atoms with Gasteiger partial charge >= 0.3 is 0 Å². The van der Waals surface area contributed by atoms with Gasteiger partial charge in [-0.3, -0.25) is 10.1 Å². The standard InChI is InChI=1S/C9H12N2O2/c1-7-4-3-5-8(6-10-2)9(7)11(12)13/h3-5,10H,6H2,1-2H3. The van der Waals surface area contributed by atoms with Crippen LogP contribution in [0.2, 0.25) is 0 Å². The fourth-order valence-corrected chi connectivity index (χ4v) is 1.31. The van der Waals surface area contributed by atoms with E-state index in [1.165, 1.54) is 0 Å². The first-order valence-corrected chi connectivity index (χ1v) is 4.04. The highest BCUT2D eigenvalue weighted by Crippen LogP contribution is 2.22. The minimum absolute atomic E-state index is 0.219. The summed E-state index contributed by atoms with van der Waals surface area (Å²) >= 11 is 0. The van der Waals surface area contributed by atoms with E-state index in [0.717, 1.165) is 5.56 Å². The van der Waals surface area contributed by atoms with Crippen molar-refractivity contribution in [2.75, 3.05) is 7.05 Å². The average Bonchev–Trinajstić information content (AvgIpc) is 2.04. The van der Waals surface area contributed by atoms with Gasteiger partial charge in [0.1, 0.15) is 0 Å². The van der Waals surface area contributed by atoms with E-state index in [-0.39, 0.29) is 10.6 Å². The number of benzene rings is 1. The molecule has 0 radical (unpaired) electrons. The zero-order chi connectivity index (χ0) is 9.84. The maximum absolute atomic E-state index is 10.7. The molecule has 0 fully saturated rings. The molecule has 4 heteroatoms. The fourth-order valence-electron chi connectivity index (χ4n) is 1.31. The van der Waals surface area contributed by atoms with E-state index in [9.17, 15) is 10.1 Å². The number of nitro groups is 1. The second-order valence-electron chi connectivity index (χ2n) is 2.87. The monoisotopic (exact) mass is 180 g/mol. The first kappa shape index (κ1) is 9.67. The number of hydrogen-bond acceptors (Lipinski definition) is 3. The molecule has 0 saturated heterocycles. The third kappa shape index (κ3) is 2.03. The third-order valence-corrected chi connectivity index (χ3v) is 1.87. The molecule has 0 unspecified atom stereocenters. The number of nitrogens with one attached hydrogen (secondary N) is 1. The van der Waals surface area contributed by atoms with E-state index in [1.54, 1.807) is 26.1 Å². The molecule has 70 valence electrons. The van der Waals surface area contributed by atoms with Crippen LogP contribution >= 0.6 is 0 Å². The number of rotatable bonds is 3. The number of para-hydroxylation sites is 1. The Labute approximate surface area is 76.7 Å². The second kappa shape index (κ2) is 4.00. The predicted molar refractivity (Wildman–Crippen MR) is 50.6 cm³/mol. The number of nitrogens with zero attached hydrogens (tertiary/aromatic N) is 1. The Morgan fingerprint density at radius 1 is 1.54 bits per heavy atom. The van der Waals surface area contributed by atoms with E-state index < -0.39 is 0 Å². The van der Waals surface area contributed by atoms with E-state index in [1.807, 2.05) is 6.07 Å². The van der Waals surface area contributed by atoms with Gasteiger partial charge in [0.15, 0.2) is 0 Å². The SMILES string of the molecule is CNCc1cccc(C)c1[N+](=O)[O-]. The molecule has 0 spiro atoms. The molecule has 0 aliphatic carbocycles. The van der Waals surface area contributed by atoms with Crippen LogP contribution in [0.15, 0.2) is 18.2 Å². The van der Waals surface area contributed by atoms with E-state index in [4.69, 9.17) is 0 Å². The largest absolute Gasteiger partial charge is 0.315 e. The maximum Gasteiger partial charge on any atom is 0.276 e. The van der Waals surface area contributed by atoms with Gasteiger partial charge in [-0.15, -0.1) is 0 Å². The third-order valence-electron chi connectivity index (χ3n) is 1.87. The first-order valence-electron chi connectivity index (χ1n) is 4.04. The van der Waals surface area contributed by atoms with Crippen molar-refractivity contribution in [3.63, 3.8) is 0 Å². The van der Waals surface area contributed by atoms with Crippen LogP contribution in [0.3, 0.4) is 0 Å². The highest BCUT2D eigenvalue weighted by atomic mass is 16.6. The van der Waals surface area contributed by atoms with E-state index >= 15 is 0 Å². The molecule has 13 heavy (non-hydrogen) atoms. The lowest BCUT2D eigenvalue weighted by Gasteiger charge is -2.03. The number of aryl methyl sites for hydroxylation is 1. The summed E-state index contributed by atoms with van der Waals surface area (Å²) in [6.07, 6.45) is 0. The van der Waals surface area contributed by atoms with Gasteiger partial charge in [0.2, 0.25) is 0 Å². The van der Waals surface area contributed by atoms with Crippen molar-refractivity contribution in [2.24, 2.45) is 0 Å². The van der Waals surface area contributed by atoms with Gasteiger partial charge < -0.3 is 5.32 Å². The Hall–Kier alpha value is -1.42. The highest BCUT2D eigenvalue weighted by Gasteiger charge is 2.15. The molecule has 0 bridgehead atoms. The summed E-state index contributed by atoms with van der Waals surface area (Å²) in [5.74, 6) is 0. The number of nitro benzene ring substituents is 1. The molecule has 0 aliphatic rings. The minimum atomic E-state index is -0.331. The lowest BCUT2D eigenvalue weighted by molar-refractivity contribution is -0.386. The van der Waals surface area contributed by atoms with Crippen LogP contribution in [0.25, 0.3) is 0 Å². The molecule has 0 aromatic heterocycles. The summed E-state index contributed by atoms with van der Waals surface area (Å²) in [6, 6.07) is 5.34. The summed E-state index contributed by atoms with van der Waals surface area (Å²) in [5.41, 5.74) is 1.65. The molecule has 1 aromatic rings. The Balaban J connectivity index is 3.17. The number of hydrogen-bond donors (Lipinski definition) is 1. The van der Waals surface area contributed by atoms with Crippen LogP contribution in [0, 0.1) is 17.0 Å². The van der Waals surface area contributed by atoms with Crippen molar-refractivity contribution >= 4 is 5.69 Å². The zero-order valence-electron chi connectivity index (χ0n) is 7.70. The molecule has 1 rings (SSSR count). The van der Waals surface area contributed by atoms with Gasteiger partial charge in [-0.2, -0.15) is 0 Å². The molecule has 0 amide bonds. The zero-order valence-corrected chi connectivity index (χ0v) is 7.70. The van der Waals surface area contributed by atoms with Gasteiger partial charge in [0.05, 0.1) is 4.92 Å². The van der Waals surface area contributed by atoms with Gasteiger partial charge in [-0.1, -0.05) is 18.2 Å². The van der Waals surface area contributed by atoms with Crippen LogP contribution in [0.1, 0.15) is 11.1 Å². The molecular weight excluding hydrogens is 168 g/mol. The molecular formula is C9H12N2O2. The fraction of sp³-hybridized carbons (Fsp3) is 0.333. The summed E-state index contributed by atoms with van der Waals surface area (Å²) in [7, 11) is 1.77. The average molecular weight is 180 g/mol. The van der Waals surface area contributed by atoms with Crippen molar-refractivity contribution < 1.29 is 4.92 Å². The summed E-state index contributed by atoms with van der Waals surface area (Å²) in [6.45, 7) is 2.27. The van der Waals surface area contributed by atoms with Gasteiger partial charge in [0, 0.05) is 17.7 Å². The summed E-state index contributed by atoms with van der Waals surface area (Å²) < 4.78 is 0. The molecule has 0 aliphatic heterocycles. The van der Waals surface area contributed by atoms with Crippen LogP contribution in [0.5, 0.6) is 0 Å². The van der Waals surface area contributed by atoms with Crippen molar-refractivity contribution in [1.82, 2.24) is 5.32 Å². The smallest absolute Gasteiger partial charge is 0.276 e. The Kier molecular flexibility index (Phi) is 2.97. The highest BCUT2D eigenvalue weighted by molar-refractivity contribution is 5.46. The predicted octanol–water partition coefficient (Wildman–Crippen LogP) is 1.62. The van der Waals surface area contributed by atoms with Crippen molar-refractivity contribution in [3.05, 3.63) is 39.4 Å². The molecule has 0 heterocycles. The minimum Gasteiger partial charge on any atom is -0.315 e. The molecule has 4 nitrogen and oxygen atoms in total. The van der Waals surface area contributed by atoms with E-state index in [0.29, 0.717) is 12.1 Å². The molecule has 0 saturated carbocycles. The lowest BCUT2D eigenvalue weighted by Crippen LogP contribution is -2.08. The van der Waals surface area contributed by atoms with E-state index in [2.05, 4.69) is 5.32 Å². The van der Waals surface area contributed by atoms with Crippen LogP contribution in [0.4, 0.5) is 5.69 Å². The first-order chi connectivity index (χ1) is 6.16.